The summed E-state index contributed by atoms with van der Waals surface area (Å²) in [6.07, 6.45) is 15.7. The van der Waals surface area contributed by atoms with Crippen LogP contribution in [-0.2, 0) is 0 Å². The van der Waals surface area contributed by atoms with Gasteiger partial charge in [0.15, 0.2) is 0 Å². The fourth-order valence-corrected chi connectivity index (χ4v) is 2.36. The van der Waals surface area contributed by atoms with Crippen molar-refractivity contribution in [1.82, 2.24) is 0 Å². The summed E-state index contributed by atoms with van der Waals surface area (Å²) in [5.41, 5.74) is 0.597. The lowest BCUT2D eigenvalue weighted by Gasteiger charge is -2.24. The maximum Gasteiger partial charge on any atom is -0.0354 e. The summed E-state index contributed by atoms with van der Waals surface area (Å²) >= 11 is 0. The maximum atomic E-state index is 2.46. The molecule has 16 heavy (non-hydrogen) atoms. The molecule has 0 aliphatic rings. The minimum Gasteiger partial charge on any atom is -0.0654 e. The highest BCUT2D eigenvalue weighted by Gasteiger charge is 2.16. The highest BCUT2D eigenvalue weighted by molar-refractivity contribution is 4.68. The van der Waals surface area contributed by atoms with Gasteiger partial charge in [-0.15, -0.1) is 0 Å². The molecule has 0 rings (SSSR count). The molecular formula is C16H34. The minimum absolute atomic E-state index is 0.597. The summed E-state index contributed by atoms with van der Waals surface area (Å²) < 4.78 is 0. The van der Waals surface area contributed by atoms with Gasteiger partial charge in [-0.25, -0.2) is 0 Å². The first kappa shape index (κ1) is 16.0. The highest BCUT2D eigenvalue weighted by Crippen LogP contribution is 2.30. The Hall–Kier alpha value is 0. The number of hydrogen-bond donors (Lipinski definition) is 0. The van der Waals surface area contributed by atoms with Crippen molar-refractivity contribution >= 4 is 0 Å². The van der Waals surface area contributed by atoms with E-state index >= 15 is 0 Å². The Bertz CT molecular complexity index is 135. The fourth-order valence-electron chi connectivity index (χ4n) is 2.36. The summed E-state index contributed by atoms with van der Waals surface area (Å²) in [5.74, 6) is 0. The second kappa shape index (κ2) is 10.2. The van der Waals surface area contributed by atoms with E-state index in [-0.39, 0.29) is 0 Å². The number of hydrogen-bond acceptors (Lipinski definition) is 0. The van der Waals surface area contributed by atoms with Crippen molar-refractivity contribution in [2.45, 2.75) is 98.3 Å². The SMILES string of the molecule is CCCCCCCC(C)(C)CCCCCC. The van der Waals surface area contributed by atoms with Crippen molar-refractivity contribution in [2.24, 2.45) is 5.41 Å². The number of rotatable bonds is 11. The van der Waals surface area contributed by atoms with Crippen molar-refractivity contribution < 1.29 is 0 Å². The molecule has 0 heterocycles. The molecule has 0 aromatic carbocycles. The first-order valence-electron chi connectivity index (χ1n) is 7.62. The molecular weight excluding hydrogens is 192 g/mol. The second-order valence-electron chi connectivity index (χ2n) is 6.14. The van der Waals surface area contributed by atoms with Gasteiger partial charge in [-0.1, -0.05) is 85.5 Å². The lowest BCUT2D eigenvalue weighted by atomic mass is 9.82. The Labute approximate surface area is 104 Å². The van der Waals surface area contributed by atoms with Crippen LogP contribution in [0.4, 0.5) is 0 Å². The summed E-state index contributed by atoms with van der Waals surface area (Å²) in [5, 5.41) is 0. The standard InChI is InChI=1S/C16H34/c1-5-7-9-11-13-15-16(3,4)14-12-10-8-6-2/h5-15H2,1-4H3. The van der Waals surface area contributed by atoms with Gasteiger partial charge in [0.25, 0.3) is 0 Å². The molecule has 0 fully saturated rings. The van der Waals surface area contributed by atoms with E-state index in [2.05, 4.69) is 27.7 Å². The molecule has 0 atom stereocenters. The zero-order valence-electron chi connectivity index (χ0n) is 12.3. The molecule has 0 saturated carbocycles. The van der Waals surface area contributed by atoms with E-state index in [1.54, 1.807) is 0 Å². The molecule has 0 nitrogen and oxygen atoms in total. The van der Waals surface area contributed by atoms with Crippen LogP contribution >= 0.6 is 0 Å². The monoisotopic (exact) mass is 226 g/mol. The van der Waals surface area contributed by atoms with Crippen molar-refractivity contribution in [3.05, 3.63) is 0 Å². The zero-order chi connectivity index (χ0) is 12.3. The van der Waals surface area contributed by atoms with E-state index in [0.717, 1.165) is 0 Å². The smallest absolute Gasteiger partial charge is 0.0354 e. The molecule has 0 bridgehead atoms. The Morgan fingerprint density at radius 3 is 1.38 bits per heavy atom. The number of unbranched alkanes of at least 4 members (excludes halogenated alkanes) is 7. The van der Waals surface area contributed by atoms with E-state index in [0.29, 0.717) is 5.41 Å². The van der Waals surface area contributed by atoms with Gasteiger partial charge >= 0.3 is 0 Å². The molecule has 0 aromatic rings. The minimum atomic E-state index is 0.597. The van der Waals surface area contributed by atoms with Crippen LogP contribution < -0.4 is 0 Å². The van der Waals surface area contributed by atoms with Gasteiger partial charge in [-0.2, -0.15) is 0 Å². The third-order valence-corrected chi connectivity index (χ3v) is 3.66. The first-order valence-corrected chi connectivity index (χ1v) is 7.62. The van der Waals surface area contributed by atoms with E-state index in [9.17, 15) is 0 Å². The average molecular weight is 226 g/mol. The molecule has 0 N–H and O–H groups in total. The lowest BCUT2D eigenvalue weighted by Crippen LogP contribution is -2.10. The second-order valence-corrected chi connectivity index (χ2v) is 6.14. The summed E-state index contributed by atoms with van der Waals surface area (Å²) in [6, 6.07) is 0. The first-order chi connectivity index (χ1) is 7.62. The van der Waals surface area contributed by atoms with Gasteiger partial charge in [0.1, 0.15) is 0 Å². The van der Waals surface area contributed by atoms with Gasteiger partial charge in [0.2, 0.25) is 0 Å². The Morgan fingerprint density at radius 2 is 0.938 bits per heavy atom. The highest BCUT2D eigenvalue weighted by atomic mass is 14.2. The van der Waals surface area contributed by atoms with Crippen LogP contribution in [0.1, 0.15) is 98.3 Å². The van der Waals surface area contributed by atoms with Crippen molar-refractivity contribution in [3.8, 4) is 0 Å². The summed E-state index contributed by atoms with van der Waals surface area (Å²) in [4.78, 5) is 0. The maximum absolute atomic E-state index is 2.46. The molecule has 0 aliphatic heterocycles. The molecule has 0 heteroatoms. The molecule has 98 valence electrons. The summed E-state index contributed by atoms with van der Waals surface area (Å²) in [7, 11) is 0. The van der Waals surface area contributed by atoms with Crippen LogP contribution in [-0.4, -0.2) is 0 Å². The van der Waals surface area contributed by atoms with Gasteiger partial charge in [-0.3, -0.25) is 0 Å². The topological polar surface area (TPSA) is 0 Å². The van der Waals surface area contributed by atoms with Gasteiger partial charge in [-0.05, 0) is 18.3 Å². The average Bonchev–Trinajstić information content (AvgIpc) is 2.24. The lowest BCUT2D eigenvalue weighted by molar-refractivity contribution is 0.282. The van der Waals surface area contributed by atoms with Gasteiger partial charge in [0.05, 0.1) is 0 Å². The molecule has 0 aromatic heterocycles. The van der Waals surface area contributed by atoms with Gasteiger partial charge in [0, 0.05) is 0 Å². The fraction of sp³-hybridized carbons (Fsp3) is 1.00. The van der Waals surface area contributed by atoms with E-state index < -0.39 is 0 Å². The summed E-state index contributed by atoms with van der Waals surface area (Å²) in [6.45, 7) is 9.49. The van der Waals surface area contributed by atoms with Crippen LogP contribution in [0.2, 0.25) is 0 Å². The molecule has 0 unspecified atom stereocenters. The normalized spacial score (nSPS) is 12.0. The Kier molecular flexibility index (Phi) is 10.2. The zero-order valence-corrected chi connectivity index (χ0v) is 12.3. The largest absolute Gasteiger partial charge is 0.0654 e. The predicted octanol–water partition coefficient (Wildman–Crippen LogP) is 6.34. The molecule has 0 amide bonds. The van der Waals surface area contributed by atoms with Crippen LogP contribution in [0.15, 0.2) is 0 Å². The van der Waals surface area contributed by atoms with Crippen LogP contribution in [0.3, 0.4) is 0 Å². The van der Waals surface area contributed by atoms with Crippen LogP contribution in [0.25, 0.3) is 0 Å². The Morgan fingerprint density at radius 1 is 0.562 bits per heavy atom. The van der Waals surface area contributed by atoms with Crippen molar-refractivity contribution in [3.63, 3.8) is 0 Å². The molecule has 0 radical (unpaired) electrons. The van der Waals surface area contributed by atoms with Gasteiger partial charge < -0.3 is 0 Å². The Balaban J connectivity index is 3.38. The van der Waals surface area contributed by atoms with Crippen LogP contribution in [0.5, 0.6) is 0 Å². The van der Waals surface area contributed by atoms with E-state index in [4.69, 9.17) is 0 Å². The van der Waals surface area contributed by atoms with Crippen molar-refractivity contribution in [2.75, 3.05) is 0 Å². The van der Waals surface area contributed by atoms with Crippen molar-refractivity contribution in [1.29, 1.82) is 0 Å². The third kappa shape index (κ3) is 10.5. The predicted molar refractivity (Wildman–Crippen MR) is 75.9 cm³/mol. The molecule has 0 saturated heterocycles. The third-order valence-electron chi connectivity index (χ3n) is 3.66. The van der Waals surface area contributed by atoms with Crippen LogP contribution in [0, 0.1) is 5.41 Å². The molecule has 0 spiro atoms. The van der Waals surface area contributed by atoms with E-state index in [1.165, 1.54) is 70.6 Å². The quantitative estimate of drug-likeness (QED) is 0.360. The van der Waals surface area contributed by atoms with E-state index in [1.807, 2.05) is 0 Å². The molecule has 0 aliphatic carbocycles.